The first kappa shape index (κ1) is 13.7. The van der Waals surface area contributed by atoms with Crippen LogP contribution in [0.2, 0.25) is 0 Å². The molecule has 17 heavy (non-hydrogen) atoms. The fourth-order valence-corrected chi connectivity index (χ4v) is 1.26. The molecule has 0 saturated carbocycles. The third-order valence-electron chi connectivity index (χ3n) is 2.47. The second-order valence-electron chi connectivity index (χ2n) is 3.85. The van der Waals surface area contributed by atoms with Gasteiger partial charge in [0.15, 0.2) is 0 Å². The summed E-state index contributed by atoms with van der Waals surface area (Å²) in [5, 5.41) is 0. The van der Waals surface area contributed by atoms with E-state index < -0.39 is 0 Å². The molecule has 1 aromatic rings. The SMILES string of the molecule is CCC(C)OCc1ccc(F)c(C#CCN)c1. The second kappa shape index (κ2) is 7.05. The van der Waals surface area contributed by atoms with E-state index >= 15 is 0 Å². The maximum absolute atomic E-state index is 13.4. The van der Waals surface area contributed by atoms with Crippen molar-refractivity contribution in [1.29, 1.82) is 0 Å². The molecule has 0 spiro atoms. The van der Waals surface area contributed by atoms with Gasteiger partial charge in [0.25, 0.3) is 0 Å². The molecular weight excluding hydrogens is 217 g/mol. The number of nitrogens with two attached hydrogens (primary N) is 1. The first-order valence-corrected chi connectivity index (χ1v) is 5.76. The Morgan fingerprint density at radius 3 is 2.88 bits per heavy atom. The number of ether oxygens (including phenoxy) is 1. The van der Waals surface area contributed by atoms with Crippen LogP contribution in [-0.2, 0) is 11.3 Å². The minimum atomic E-state index is -0.321. The van der Waals surface area contributed by atoms with Gasteiger partial charge in [-0.25, -0.2) is 4.39 Å². The molecule has 0 radical (unpaired) electrons. The van der Waals surface area contributed by atoms with Crippen LogP contribution < -0.4 is 5.73 Å². The molecule has 0 aliphatic rings. The molecule has 92 valence electrons. The fourth-order valence-electron chi connectivity index (χ4n) is 1.26. The van der Waals surface area contributed by atoms with Crippen molar-refractivity contribution >= 4 is 0 Å². The maximum Gasteiger partial charge on any atom is 0.138 e. The predicted molar refractivity (Wildman–Crippen MR) is 66.9 cm³/mol. The quantitative estimate of drug-likeness (QED) is 0.814. The zero-order valence-corrected chi connectivity index (χ0v) is 10.3. The Labute approximate surface area is 102 Å². The predicted octanol–water partition coefficient (Wildman–Crippen LogP) is 2.45. The van der Waals surface area contributed by atoms with E-state index in [0.29, 0.717) is 12.2 Å². The molecule has 0 saturated heterocycles. The Balaban J connectivity index is 2.74. The van der Waals surface area contributed by atoms with Gasteiger partial charge in [-0.2, -0.15) is 0 Å². The van der Waals surface area contributed by atoms with E-state index in [9.17, 15) is 4.39 Å². The Morgan fingerprint density at radius 2 is 2.24 bits per heavy atom. The lowest BCUT2D eigenvalue weighted by Crippen LogP contribution is -2.06. The van der Waals surface area contributed by atoms with Crippen molar-refractivity contribution in [1.82, 2.24) is 0 Å². The smallest absolute Gasteiger partial charge is 0.138 e. The van der Waals surface area contributed by atoms with Gasteiger partial charge in [0, 0.05) is 0 Å². The Bertz CT molecular complexity index is 420. The summed E-state index contributed by atoms with van der Waals surface area (Å²) in [5.74, 6) is 5.03. The van der Waals surface area contributed by atoms with Gasteiger partial charge in [-0.15, -0.1) is 0 Å². The van der Waals surface area contributed by atoms with E-state index in [0.717, 1.165) is 12.0 Å². The van der Waals surface area contributed by atoms with Gasteiger partial charge < -0.3 is 10.5 Å². The molecule has 1 atom stereocenters. The summed E-state index contributed by atoms with van der Waals surface area (Å²) in [4.78, 5) is 0. The van der Waals surface area contributed by atoms with Crippen LogP contribution in [0, 0.1) is 17.7 Å². The molecule has 2 N–H and O–H groups in total. The molecule has 1 rings (SSSR count). The Morgan fingerprint density at radius 1 is 1.47 bits per heavy atom. The highest BCUT2D eigenvalue weighted by atomic mass is 19.1. The van der Waals surface area contributed by atoms with Gasteiger partial charge in [0.05, 0.1) is 24.8 Å². The van der Waals surface area contributed by atoms with E-state index in [4.69, 9.17) is 10.5 Å². The third kappa shape index (κ3) is 4.56. The van der Waals surface area contributed by atoms with Crippen molar-refractivity contribution in [2.24, 2.45) is 5.73 Å². The minimum Gasteiger partial charge on any atom is -0.374 e. The van der Waals surface area contributed by atoms with Crippen LogP contribution in [-0.4, -0.2) is 12.6 Å². The molecule has 3 heteroatoms. The molecule has 0 bridgehead atoms. The normalized spacial score (nSPS) is 11.8. The van der Waals surface area contributed by atoms with Crippen molar-refractivity contribution in [2.75, 3.05) is 6.54 Å². The molecule has 0 aliphatic heterocycles. The zero-order chi connectivity index (χ0) is 12.7. The number of hydrogen-bond acceptors (Lipinski definition) is 2. The van der Waals surface area contributed by atoms with Crippen LogP contribution >= 0.6 is 0 Å². The van der Waals surface area contributed by atoms with Crippen LogP contribution in [0.4, 0.5) is 4.39 Å². The van der Waals surface area contributed by atoms with Crippen molar-refractivity contribution < 1.29 is 9.13 Å². The summed E-state index contributed by atoms with van der Waals surface area (Å²) in [7, 11) is 0. The van der Waals surface area contributed by atoms with Crippen LogP contribution in [0.5, 0.6) is 0 Å². The Kier molecular flexibility index (Phi) is 5.68. The maximum atomic E-state index is 13.4. The molecule has 0 amide bonds. The van der Waals surface area contributed by atoms with E-state index in [2.05, 4.69) is 18.8 Å². The lowest BCUT2D eigenvalue weighted by Gasteiger charge is -2.10. The largest absolute Gasteiger partial charge is 0.374 e. The third-order valence-corrected chi connectivity index (χ3v) is 2.47. The fraction of sp³-hybridized carbons (Fsp3) is 0.429. The van der Waals surface area contributed by atoms with E-state index in [1.807, 2.05) is 6.92 Å². The van der Waals surface area contributed by atoms with E-state index in [1.54, 1.807) is 12.1 Å². The molecule has 0 aromatic heterocycles. The summed E-state index contributed by atoms with van der Waals surface area (Å²) in [5.41, 5.74) is 6.56. The molecular formula is C14H18FNO. The van der Waals surface area contributed by atoms with Gasteiger partial charge >= 0.3 is 0 Å². The topological polar surface area (TPSA) is 35.2 Å². The summed E-state index contributed by atoms with van der Waals surface area (Å²) < 4.78 is 19.0. The number of rotatable bonds is 4. The van der Waals surface area contributed by atoms with E-state index in [1.165, 1.54) is 6.07 Å². The average Bonchev–Trinajstić information content (AvgIpc) is 2.35. The van der Waals surface area contributed by atoms with Crippen LogP contribution in [0.25, 0.3) is 0 Å². The van der Waals surface area contributed by atoms with Crippen molar-refractivity contribution in [3.05, 3.63) is 35.1 Å². The Hall–Kier alpha value is -1.37. The van der Waals surface area contributed by atoms with Gasteiger partial charge in [-0.3, -0.25) is 0 Å². The van der Waals surface area contributed by atoms with Crippen LogP contribution in [0.1, 0.15) is 31.4 Å². The van der Waals surface area contributed by atoms with Crippen molar-refractivity contribution in [3.8, 4) is 11.8 Å². The molecule has 1 aromatic carbocycles. The van der Waals surface area contributed by atoms with Gasteiger partial charge in [0.1, 0.15) is 5.82 Å². The molecule has 0 heterocycles. The first-order chi connectivity index (χ1) is 8.17. The highest BCUT2D eigenvalue weighted by Gasteiger charge is 2.03. The molecule has 2 nitrogen and oxygen atoms in total. The van der Waals surface area contributed by atoms with Gasteiger partial charge in [0.2, 0.25) is 0 Å². The van der Waals surface area contributed by atoms with E-state index in [-0.39, 0.29) is 18.5 Å². The lowest BCUT2D eigenvalue weighted by atomic mass is 10.1. The van der Waals surface area contributed by atoms with Crippen molar-refractivity contribution in [2.45, 2.75) is 33.0 Å². The van der Waals surface area contributed by atoms with Gasteiger partial charge in [-0.05, 0) is 31.0 Å². The molecule has 1 unspecified atom stereocenters. The number of halogens is 1. The molecule has 0 fully saturated rings. The van der Waals surface area contributed by atoms with Crippen LogP contribution in [0.3, 0.4) is 0 Å². The monoisotopic (exact) mass is 235 g/mol. The summed E-state index contributed by atoms with van der Waals surface area (Å²) in [6.45, 7) is 4.78. The standard InChI is InChI=1S/C14H18FNO/c1-3-11(2)17-10-12-6-7-14(15)13(9-12)5-4-8-16/h6-7,9,11H,3,8,10,16H2,1-2H3. The summed E-state index contributed by atoms with van der Waals surface area (Å²) >= 11 is 0. The number of benzene rings is 1. The average molecular weight is 235 g/mol. The minimum absolute atomic E-state index is 0.207. The summed E-state index contributed by atoms with van der Waals surface area (Å²) in [6, 6.07) is 4.83. The zero-order valence-electron chi connectivity index (χ0n) is 10.3. The second-order valence-corrected chi connectivity index (χ2v) is 3.85. The number of hydrogen-bond donors (Lipinski definition) is 1. The highest BCUT2D eigenvalue weighted by Crippen LogP contribution is 2.11. The van der Waals surface area contributed by atoms with Crippen molar-refractivity contribution in [3.63, 3.8) is 0 Å². The summed E-state index contributed by atoms with van der Waals surface area (Å²) in [6.07, 6.45) is 1.17. The lowest BCUT2D eigenvalue weighted by molar-refractivity contribution is 0.0508. The first-order valence-electron chi connectivity index (χ1n) is 5.76. The van der Waals surface area contributed by atoms with Crippen LogP contribution in [0.15, 0.2) is 18.2 Å². The molecule has 0 aliphatic carbocycles. The van der Waals surface area contributed by atoms with Gasteiger partial charge in [-0.1, -0.05) is 24.8 Å². The highest BCUT2D eigenvalue weighted by molar-refractivity contribution is 5.38.